The van der Waals surface area contributed by atoms with Crippen molar-refractivity contribution in [3.63, 3.8) is 0 Å². The van der Waals surface area contributed by atoms with Crippen molar-refractivity contribution in [2.24, 2.45) is 0 Å². The minimum atomic E-state index is 0.0180. The van der Waals surface area contributed by atoms with Crippen LogP contribution < -0.4 is 5.32 Å². The van der Waals surface area contributed by atoms with Gasteiger partial charge in [-0.1, -0.05) is 48.0 Å². The quantitative estimate of drug-likeness (QED) is 0.653. The minimum Gasteiger partial charge on any atom is -0.419 e. The number of halogens is 1. The molecule has 0 saturated carbocycles. The Morgan fingerprint density at radius 1 is 1.10 bits per heavy atom. The van der Waals surface area contributed by atoms with E-state index in [-0.39, 0.29) is 11.7 Å². The Labute approximate surface area is 174 Å². The first kappa shape index (κ1) is 19.5. The number of anilines is 1. The van der Waals surface area contributed by atoms with Crippen LogP contribution in [-0.4, -0.2) is 42.7 Å². The van der Waals surface area contributed by atoms with Gasteiger partial charge in [0, 0.05) is 30.2 Å². The van der Waals surface area contributed by atoms with Gasteiger partial charge in [0.25, 0.3) is 0 Å². The summed E-state index contributed by atoms with van der Waals surface area (Å²) in [5.41, 5.74) is 2.10. The number of ether oxygens (including phenoxy) is 1. The van der Waals surface area contributed by atoms with Gasteiger partial charge in [0.15, 0.2) is 0 Å². The minimum absolute atomic E-state index is 0.0180. The van der Waals surface area contributed by atoms with E-state index in [1.54, 1.807) is 0 Å². The Morgan fingerprint density at radius 3 is 2.55 bits per heavy atom. The summed E-state index contributed by atoms with van der Waals surface area (Å²) in [4.78, 5) is 6.66. The first-order chi connectivity index (χ1) is 14.3. The maximum absolute atomic E-state index is 9.49. The van der Waals surface area contributed by atoms with Crippen molar-refractivity contribution in [3.05, 3.63) is 70.9 Å². The molecule has 1 saturated heterocycles. The summed E-state index contributed by atoms with van der Waals surface area (Å²) in [6, 6.07) is 19.5. The van der Waals surface area contributed by atoms with E-state index in [2.05, 4.69) is 21.3 Å². The van der Waals surface area contributed by atoms with Gasteiger partial charge in [-0.3, -0.25) is 4.90 Å². The van der Waals surface area contributed by atoms with Crippen molar-refractivity contribution in [2.45, 2.75) is 6.04 Å². The Morgan fingerprint density at radius 2 is 1.83 bits per heavy atom. The molecule has 1 N–H and O–H groups in total. The number of nitrogens with one attached hydrogen (secondary N) is 1. The second-order valence-corrected chi connectivity index (χ2v) is 7.15. The Balaban J connectivity index is 1.58. The van der Waals surface area contributed by atoms with Crippen LogP contribution in [0.25, 0.3) is 11.5 Å². The molecule has 7 heteroatoms. The largest absolute Gasteiger partial charge is 0.419 e. The third-order valence-electron chi connectivity index (χ3n) is 4.96. The van der Waals surface area contributed by atoms with E-state index in [1.165, 1.54) is 0 Å². The molecule has 1 fully saturated rings. The van der Waals surface area contributed by atoms with Gasteiger partial charge < -0.3 is 14.5 Å². The number of aromatic nitrogens is 1. The van der Waals surface area contributed by atoms with Crippen LogP contribution in [0.3, 0.4) is 0 Å². The van der Waals surface area contributed by atoms with E-state index >= 15 is 0 Å². The summed E-state index contributed by atoms with van der Waals surface area (Å²) in [5.74, 6) is 0.794. The predicted molar refractivity (Wildman–Crippen MR) is 112 cm³/mol. The van der Waals surface area contributed by atoms with Crippen LogP contribution in [0, 0.1) is 11.3 Å². The molecule has 4 rings (SSSR count). The molecule has 0 radical (unpaired) electrons. The fourth-order valence-corrected chi connectivity index (χ4v) is 3.74. The van der Waals surface area contributed by atoms with E-state index < -0.39 is 0 Å². The van der Waals surface area contributed by atoms with Crippen LogP contribution >= 0.6 is 11.6 Å². The molecule has 2 aromatic carbocycles. The molecular weight excluding hydrogens is 388 g/mol. The molecule has 2 heterocycles. The number of nitriles is 1. The molecular formula is C22H21ClN4O2. The molecule has 6 nitrogen and oxygen atoms in total. The maximum Gasteiger partial charge on any atom is 0.232 e. The Bertz CT molecular complexity index is 994. The first-order valence-corrected chi connectivity index (χ1v) is 9.90. The molecule has 0 spiro atoms. The summed E-state index contributed by atoms with van der Waals surface area (Å²) in [7, 11) is 0. The zero-order valence-electron chi connectivity index (χ0n) is 15.8. The molecule has 1 atom stereocenters. The van der Waals surface area contributed by atoms with E-state index in [4.69, 9.17) is 20.8 Å². The van der Waals surface area contributed by atoms with Gasteiger partial charge in [-0.2, -0.15) is 10.2 Å². The lowest BCUT2D eigenvalue weighted by molar-refractivity contribution is 0.0186. The lowest BCUT2D eigenvalue weighted by atomic mass is 10.0. The van der Waals surface area contributed by atoms with E-state index in [9.17, 15) is 5.26 Å². The van der Waals surface area contributed by atoms with Gasteiger partial charge in [-0.05, 0) is 23.8 Å². The van der Waals surface area contributed by atoms with Crippen LogP contribution in [-0.2, 0) is 4.74 Å². The van der Waals surface area contributed by atoms with Gasteiger partial charge in [-0.25, -0.2) is 0 Å². The highest BCUT2D eigenvalue weighted by molar-refractivity contribution is 6.31. The van der Waals surface area contributed by atoms with E-state index in [0.29, 0.717) is 36.6 Å². The lowest BCUT2D eigenvalue weighted by Gasteiger charge is -2.35. The van der Waals surface area contributed by atoms with Crippen molar-refractivity contribution in [3.8, 4) is 17.5 Å². The third kappa shape index (κ3) is 4.43. The van der Waals surface area contributed by atoms with E-state index in [0.717, 1.165) is 24.2 Å². The highest BCUT2D eigenvalue weighted by Crippen LogP contribution is 2.30. The molecule has 0 aliphatic carbocycles. The van der Waals surface area contributed by atoms with Crippen molar-refractivity contribution in [1.29, 1.82) is 5.26 Å². The second kappa shape index (κ2) is 9.10. The standard InChI is InChI=1S/C22H21ClN4O2/c23-18-9-5-4-8-17(18)20(27-10-12-28-13-11-27)15-25-22-19(14-24)26-21(29-22)16-6-2-1-3-7-16/h1-9,20,25H,10-13,15H2/t20-/m1/s1. The van der Waals surface area contributed by atoms with Crippen molar-refractivity contribution < 1.29 is 9.15 Å². The molecule has 3 aromatic rings. The molecule has 1 aliphatic rings. The van der Waals surface area contributed by atoms with Crippen molar-refractivity contribution in [1.82, 2.24) is 9.88 Å². The molecule has 0 unspecified atom stereocenters. The van der Waals surface area contributed by atoms with Gasteiger partial charge in [0.2, 0.25) is 17.5 Å². The number of hydrogen-bond donors (Lipinski definition) is 1. The van der Waals surface area contributed by atoms with Crippen LogP contribution in [0.5, 0.6) is 0 Å². The third-order valence-corrected chi connectivity index (χ3v) is 5.30. The number of nitrogens with zero attached hydrogens (tertiary/aromatic N) is 3. The van der Waals surface area contributed by atoms with Gasteiger partial charge in [-0.15, -0.1) is 0 Å². The number of morpholine rings is 1. The first-order valence-electron chi connectivity index (χ1n) is 9.52. The SMILES string of the molecule is N#Cc1nc(-c2ccccc2)oc1NC[C@H](c1ccccc1Cl)N1CCOCC1. The topological polar surface area (TPSA) is 74.3 Å². The maximum atomic E-state index is 9.49. The van der Waals surface area contributed by atoms with E-state index in [1.807, 2.05) is 54.6 Å². The van der Waals surface area contributed by atoms with Crippen LogP contribution in [0.2, 0.25) is 5.02 Å². The zero-order valence-corrected chi connectivity index (χ0v) is 16.6. The molecule has 148 valence electrons. The normalized spacial score (nSPS) is 15.6. The molecule has 29 heavy (non-hydrogen) atoms. The van der Waals surface area contributed by atoms with Gasteiger partial charge >= 0.3 is 0 Å². The number of benzene rings is 2. The van der Waals surface area contributed by atoms with Crippen LogP contribution in [0.4, 0.5) is 5.88 Å². The summed E-state index contributed by atoms with van der Waals surface area (Å²) < 4.78 is 11.4. The fraction of sp³-hybridized carbons (Fsp3) is 0.273. The Hall–Kier alpha value is -2.85. The lowest BCUT2D eigenvalue weighted by Crippen LogP contribution is -2.41. The molecule has 1 aromatic heterocycles. The predicted octanol–water partition coefficient (Wildman–Crippen LogP) is 4.35. The number of hydrogen-bond acceptors (Lipinski definition) is 6. The number of oxazole rings is 1. The summed E-state index contributed by atoms with van der Waals surface area (Å²) in [5, 5.41) is 13.5. The number of rotatable bonds is 6. The summed E-state index contributed by atoms with van der Waals surface area (Å²) in [6.45, 7) is 3.53. The smallest absolute Gasteiger partial charge is 0.232 e. The van der Waals surface area contributed by atoms with Gasteiger partial charge in [0.1, 0.15) is 6.07 Å². The van der Waals surface area contributed by atoms with Crippen LogP contribution in [0.1, 0.15) is 17.3 Å². The average molecular weight is 409 g/mol. The molecule has 1 aliphatic heterocycles. The monoisotopic (exact) mass is 408 g/mol. The summed E-state index contributed by atoms with van der Waals surface area (Å²) >= 11 is 6.49. The molecule has 0 amide bonds. The second-order valence-electron chi connectivity index (χ2n) is 6.74. The van der Waals surface area contributed by atoms with Crippen molar-refractivity contribution in [2.75, 3.05) is 38.2 Å². The average Bonchev–Trinajstić information content (AvgIpc) is 3.20. The zero-order chi connectivity index (χ0) is 20.1. The van der Waals surface area contributed by atoms with Gasteiger partial charge in [0.05, 0.1) is 19.3 Å². The fourth-order valence-electron chi connectivity index (χ4n) is 3.48. The Kier molecular flexibility index (Phi) is 6.11. The highest BCUT2D eigenvalue weighted by atomic mass is 35.5. The molecule has 0 bridgehead atoms. The summed E-state index contributed by atoms with van der Waals surface area (Å²) in [6.07, 6.45) is 0. The van der Waals surface area contributed by atoms with Crippen LogP contribution in [0.15, 0.2) is 59.0 Å². The van der Waals surface area contributed by atoms with Crippen molar-refractivity contribution >= 4 is 17.5 Å². The highest BCUT2D eigenvalue weighted by Gasteiger charge is 2.25.